The summed E-state index contributed by atoms with van der Waals surface area (Å²) in [6.07, 6.45) is 0. The van der Waals surface area contributed by atoms with E-state index >= 15 is 0 Å². The molecule has 0 amide bonds. The number of hydrogen-bond acceptors (Lipinski definition) is 2. The lowest BCUT2D eigenvalue weighted by molar-refractivity contribution is 1.18. The van der Waals surface area contributed by atoms with Crippen molar-refractivity contribution >= 4 is 0 Å². The summed E-state index contributed by atoms with van der Waals surface area (Å²) < 4.78 is 0. The van der Waals surface area contributed by atoms with Gasteiger partial charge < -0.3 is 0 Å². The molecule has 0 fully saturated rings. The summed E-state index contributed by atoms with van der Waals surface area (Å²) in [4.78, 5) is 10.1. The minimum Gasteiger partial charge on any atom is -0.228 e. The van der Waals surface area contributed by atoms with Gasteiger partial charge in [0.05, 0.1) is 11.4 Å². The molecule has 6 rings (SSSR count). The van der Waals surface area contributed by atoms with E-state index in [9.17, 15) is 0 Å². The summed E-state index contributed by atoms with van der Waals surface area (Å²) in [5, 5.41) is 0. The summed E-state index contributed by atoms with van der Waals surface area (Å²) in [7, 11) is 0. The van der Waals surface area contributed by atoms with Crippen molar-refractivity contribution in [2.24, 2.45) is 0 Å². The first-order valence-electron chi connectivity index (χ1n) is 12.1. The second-order valence-corrected chi connectivity index (χ2v) is 8.73. The Kier molecular flexibility index (Phi) is 5.91. The Bertz CT molecular complexity index is 1350. The van der Waals surface area contributed by atoms with Crippen LogP contribution in [0.4, 0.5) is 0 Å². The van der Waals surface area contributed by atoms with Gasteiger partial charge in [0.1, 0.15) is 0 Å². The van der Waals surface area contributed by atoms with E-state index in [1.54, 1.807) is 0 Å². The third-order valence-electron chi connectivity index (χ3n) is 6.27. The molecule has 2 nitrogen and oxygen atoms in total. The molecular weight excluding hydrogens is 436 g/mol. The van der Waals surface area contributed by atoms with Crippen LogP contribution in [0.5, 0.6) is 0 Å². The summed E-state index contributed by atoms with van der Waals surface area (Å²) in [5.74, 6) is 0.713. The molecule has 0 spiro atoms. The minimum atomic E-state index is 0.713. The zero-order valence-corrected chi connectivity index (χ0v) is 19.8. The smallest absolute Gasteiger partial charge is 0.160 e. The Morgan fingerprint density at radius 1 is 0.278 bits per heavy atom. The van der Waals surface area contributed by atoms with Gasteiger partial charge in [-0.25, -0.2) is 9.97 Å². The lowest BCUT2D eigenvalue weighted by Crippen LogP contribution is -1.96. The lowest BCUT2D eigenvalue weighted by atomic mass is 9.95. The van der Waals surface area contributed by atoms with E-state index in [0.717, 1.165) is 39.2 Å². The number of rotatable bonds is 5. The summed E-state index contributed by atoms with van der Waals surface area (Å²) >= 11 is 0. The van der Waals surface area contributed by atoms with Crippen LogP contribution in [0.1, 0.15) is 0 Å². The molecule has 0 saturated heterocycles. The molecule has 0 aliphatic carbocycles. The summed E-state index contributed by atoms with van der Waals surface area (Å²) in [6.45, 7) is 0. The largest absolute Gasteiger partial charge is 0.228 e. The maximum absolute atomic E-state index is 5.06. The second kappa shape index (κ2) is 9.81. The first-order chi connectivity index (χ1) is 17.8. The van der Waals surface area contributed by atoms with Gasteiger partial charge in [-0.05, 0) is 46.5 Å². The van der Waals surface area contributed by atoms with Crippen LogP contribution in [-0.4, -0.2) is 9.97 Å². The highest BCUT2D eigenvalue weighted by Gasteiger charge is 2.13. The van der Waals surface area contributed by atoms with Crippen LogP contribution in [0.3, 0.4) is 0 Å². The fraction of sp³-hybridized carbons (Fsp3) is 0. The molecule has 0 N–H and O–H groups in total. The van der Waals surface area contributed by atoms with Gasteiger partial charge in [0.15, 0.2) is 5.82 Å². The molecule has 6 aromatic rings. The Labute approximate surface area is 211 Å². The van der Waals surface area contributed by atoms with Gasteiger partial charge in [0.25, 0.3) is 0 Å². The Morgan fingerprint density at radius 3 is 1.00 bits per heavy atom. The molecule has 0 aliphatic heterocycles. The van der Waals surface area contributed by atoms with Gasteiger partial charge >= 0.3 is 0 Å². The highest BCUT2D eigenvalue weighted by molar-refractivity contribution is 5.81. The van der Waals surface area contributed by atoms with E-state index in [1.165, 1.54) is 11.1 Å². The molecule has 1 heterocycles. The summed E-state index contributed by atoms with van der Waals surface area (Å²) in [6, 6.07) is 50.3. The zero-order chi connectivity index (χ0) is 24.2. The van der Waals surface area contributed by atoms with E-state index in [4.69, 9.17) is 9.97 Å². The van der Waals surface area contributed by atoms with Crippen molar-refractivity contribution in [1.29, 1.82) is 0 Å². The summed E-state index contributed by atoms with van der Waals surface area (Å²) in [5.41, 5.74) is 9.56. The number of aromatic nitrogens is 2. The van der Waals surface area contributed by atoms with E-state index in [0.29, 0.717) is 5.82 Å². The molecule has 5 aromatic carbocycles. The average molecular weight is 461 g/mol. The standard InChI is InChI=1S/C34H24N2/c1-5-13-25(14-6-1)29-21-30(26-15-7-2-8-16-26)23-31(22-29)34-35-32(27-17-9-3-10-18-27)24-33(36-34)28-19-11-4-12-20-28/h1-24H. The Hall–Kier alpha value is -4.82. The fourth-order valence-electron chi connectivity index (χ4n) is 4.44. The third kappa shape index (κ3) is 4.57. The van der Waals surface area contributed by atoms with Gasteiger partial charge in [-0.2, -0.15) is 0 Å². The number of nitrogens with zero attached hydrogens (tertiary/aromatic N) is 2. The van der Waals surface area contributed by atoms with Crippen LogP contribution in [0.15, 0.2) is 146 Å². The Balaban J connectivity index is 1.58. The van der Waals surface area contributed by atoms with E-state index in [1.807, 2.05) is 48.5 Å². The maximum Gasteiger partial charge on any atom is 0.160 e. The SMILES string of the molecule is c1ccc(-c2cc(-c3ccccc3)cc(-c3nc(-c4ccccc4)cc(-c4ccccc4)n3)c2)cc1. The predicted molar refractivity (Wildman–Crippen MR) is 149 cm³/mol. The van der Waals surface area contributed by atoms with Crippen LogP contribution in [0.2, 0.25) is 0 Å². The van der Waals surface area contributed by atoms with E-state index in [-0.39, 0.29) is 0 Å². The molecule has 0 saturated carbocycles. The van der Waals surface area contributed by atoms with E-state index in [2.05, 4.69) is 97.1 Å². The van der Waals surface area contributed by atoms with Crippen molar-refractivity contribution in [3.05, 3.63) is 146 Å². The average Bonchev–Trinajstić information content (AvgIpc) is 2.98. The second-order valence-electron chi connectivity index (χ2n) is 8.73. The third-order valence-corrected chi connectivity index (χ3v) is 6.27. The van der Waals surface area contributed by atoms with Crippen LogP contribution in [-0.2, 0) is 0 Å². The molecule has 0 bridgehead atoms. The van der Waals surface area contributed by atoms with Crippen LogP contribution in [0, 0.1) is 0 Å². The Morgan fingerprint density at radius 2 is 0.611 bits per heavy atom. The fourth-order valence-corrected chi connectivity index (χ4v) is 4.44. The molecule has 170 valence electrons. The van der Waals surface area contributed by atoms with Crippen molar-refractivity contribution < 1.29 is 0 Å². The van der Waals surface area contributed by atoms with Crippen LogP contribution in [0.25, 0.3) is 56.2 Å². The monoisotopic (exact) mass is 460 g/mol. The molecule has 1 aromatic heterocycles. The van der Waals surface area contributed by atoms with Crippen molar-refractivity contribution in [3.63, 3.8) is 0 Å². The van der Waals surface area contributed by atoms with Crippen molar-refractivity contribution in [2.45, 2.75) is 0 Å². The van der Waals surface area contributed by atoms with Crippen molar-refractivity contribution in [3.8, 4) is 56.2 Å². The highest BCUT2D eigenvalue weighted by atomic mass is 14.9. The molecule has 0 atom stereocenters. The van der Waals surface area contributed by atoms with Gasteiger partial charge in [-0.15, -0.1) is 0 Å². The topological polar surface area (TPSA) is 25.8 Å². The van der Waals surface area contributed by atoms with Gasteiger partial charge in [0.2, 0.25) is 0 Å². The van der Waals surface area contributed by atoms with Gasteiger partial charge in [0, 0.05) is 16.7 Å². The molecular formula is C34H24N2. The zero-order valence-electron chi connectivity index (χ0n) is 19.8. The van der Waals surface area contributed by atoms with E-state index < -0.39 is 0 Å². The normalized spacial score (nSPS) is 10.8. The molecule has 0 unspecified atom stereocenters. The number of hydrogen-bond donors (Lipinski definition) is 0. The van der Waals surface area contributed by atoms with Gasteiger partial charge in [-0.3, -0.25) is 0 Å². The van der Waals surface area contributed by atoms with Crippen molar-refractivity contribution in [2.75, 3.05) is 0 Å². The molecule has 0 radical (unpaired) electrons. The van der Waals surface area contributed by atoms with Crippen LogP contribution >= 0.6 is 0 Å². The lowest BCUT2D eigenvalue weighted by Gasteiger charge is -2.13. The first-order valence-corrected chi connectivity index (χ1v) is 12.1. The molecule has 0 aliphatic rings. The predicted octanol–water partition coefficient (Wildman–Crippen LogP) is 8.81. The molecule has 36 heavy (non-hydrogen) atoms. The van der Waals surface area contributed by atoms with Gasteiger partial charge in [-0.1, -0.05) is 121 Å². The minimum absolute atomic E-state index is 0.713. The quantitative estimate of drug-likeness (QED) is 0.257. The molecule has 2 heteroatoms. The van der Waals surface area contributed by atoms with Crippen molar-refractivity contribution in [1.82, 2.24) is 9.97 Å². The maximum atomic E-state index is 5.06. The number of benzene rings is 5. The highest BCUT2D eigenvalue weighted by Crippen LogP contribution is 2.33. The first kappa shape index (κ1) is 21.7. The van der Waals surface area contributed by atoms with Crippen LogP contribution < -0.4 is 0 Å².